The van der Waals surface area contributed by atoms with E-state index >= 15 is 0 Å². The van der Waals surface area contributed by atoms with E-state index in [2.05, 4.69) is 4.72 Å². The maximum atomic E-state index is 12.8. The zero-order valence-corrected chi connectivity index (χ0v) is 19.2. The van der Waals surface area contributed by atoms with Crippen molar-refractivity contribution in [1.29, 1.82) is 0 Å². The Bertz CT molecular complexity index is 1070. The summed E-state index contributed by atoms with van der Waals surface area (Å²) in [7, 11) is 1.40. The average Bonchev–Trinajstić information content (AvgIpc) is 2.72. The van der Waals surface area contributed by atoms with E-state index in [1.54, 1.807) is 0 Å². The van der Waals surface area contributed by atoms with Gasteiger partial charge in [-0.25, -0.2) is 8.39 Å². The van der Waals surface area contributed by atoms with Crippen molar-refractivity contribution in [3.63, 3.8) is 0 Å². The SMILES string of the molecule is COc1cc(NS(=O)OC(Oc2c(C)cc(C)cc2C)c2ccccc2)cc(Cl)c1O. The molecule has 0 aliphatic heterocycles. The van der Waals surface area contributed by atoms with Gasteiger partial charge in [-0.1, -0.05) is 59.6 Å². The highest BCUT2D eigenvalue weighted by atomic mass is 35.5. The van der Waals surface area contributed by atoms with Gasteiger partial charge in [-0.05, 0) is 38.0 Å². The van der Waals surface area contributed by atoms with Crippen molar-refractivity contribution in [2.45, 2.75) is 27.1 Å². The minimum atomic E-state index is -1.99. The van der Waals surface area contributed by atoms with E-state index in [9.17, 15) is 9.32 Å². The number of phenols is 1. The Hall–Kier alpha value is -2.74. The molecule has 164 valence electrons. The van der Waals surface area contributed by atoms with Gasteiger partial charge in [-0.2, -0.15) is 0 Å². The van der Waals surface area contributed by atoms with Gasteiger partial charge < -0.3 is 14.6 Å². The van der Waals surface area contributed by atoms with Crippen molar-refractivity contribution < 1.29 is 23.0 Å². The van der Waals surface area contributed by atoms with Gasteiger partial charge in [0.2, 0.25) is 6.29 Å². The number of hydrogen-bond acceptors (Lipinski definition) is 5. The van der Waals surface area contributed by atoms with Gasteiger partial charge >= 0.3 is 0 Å². The van der Waals surface area contributed by atoms with Gasteiger partial charge in [0.25, 0.3) is 11.3 Å². The fraction of sp³-hybridized carbons (Fsp3) is 0.217. The molecule has 0 heterocycles. The molecule has 0 aliphatic carbocycles. The second-order valence-corrected chi connectivity index (χ2v) is 8.30. The van der Waals surface area contributed by atoms with E-state index in [4.69, 9.17) is 25.3 Å². The highest BCUT2D eigenvalue weighted by molar-refractivity contribution is 7.81. The summed E-state index contributed by atoms with van der Waals surface area (Å²) >= 11 is 4.01. The van der Waals surface area contributed by atoms with Crippen LogP contribution in [0.15, 0.2) is 54.6 Å². The van der Waals surface area contributed by atoms with E-state index in [0.29, 0.717) is 17.0 Å². The minimum absolute atomic E-state index is 0.0561. The van der Waals surface area contributed by atoms with Crippen LogP contribution in [-0.4, -0.2) is 16.4 Å². The van der Waals surface area contributed by atoms with Crippen LogP contribution in [0.4, 0.5) is 5.69 Å². The molecule has 3 aromatic carbocycles. The summed E-state index contributed by atoms with van der Waals surface area (Å²) in [5, 5.41) is 9.93. The van der Waals surface area contributed by atoms with Crippen LogP contribution in [0.1, 0.15) is 28.5 Å². The first-order valence-electron chi connectivity index (χ1n) is 9.50. The zero-order valence-electron chi connectivity index (χ0n) is 17.6. The number of benzene rings is 3. The smallest absolute Gasteiger partial charge is 0.265 e. The van der Waals surface area contributed by atoms with Crippen LogP contribution in [0, 0.1) is 20.8 Å². The third kappa shape index (κ3) is 5.70. The number of nitrogens with one attached hydrogen (secondary N) is 1. The molecule has 0 saturated heterocycles. The van der Waals surface area contributed by atoms with Crippen molar-refractivity contribution in [1.82, 2.24) is 0 Å². The van der Waals surface area contributed by atoms with Crippen molar-refractivity contribution >= 4 is 28.6 Å². The normalized spacial score (nSPS) is 12.8. The zero-order chi connectivity index (χ0) is 22.5. The topological polar surface area (TPSA) is 77.0 Å². The Morgan fingerprint density at radius 1 is 1.03 bits per heavy atom. The highest BCUT2D eigenvalue weighted by Gasteiger charge is 2.21. The molecule has 0 aliphatic rings. The molecule has 3 aromatic rings. The first kappa shape index (κ1) is 22.9. The predicted molar refractivity (Wildman–Crippen MR) is 123 cm³/mol. The summed E-state index contributed by atoms with van der Waals surface area (Å²) in [4.78, 5) is 0. The molecular formula is C23H24ClNO5S. The quantitative estimate of drug-likeness (QED) is 0.329. The number of aryl methyl sites for hydroxylation is 3. The highest BCUT2D eigenvalue weighted by Crippen LogP contribution is 2.37. The Balaban J connectivity index is 1.85. The molecular weight excluding hydrogens is 438 g/mol. The molecule has 2 unspecified atom stereocenters. The third-order valence-electron chi connectivity index (χ3n) is 4.53. The lowest BCUT2D eigenvalue weighted by Crippen LogP contribution is -2.18. The van der Waals surface area contributed by atoms with Crippen LogP contribution in [0.5, 0.6) is 17.2 Å². The van der Waals surface area contributed by atoms with Crippen LogP contribution >= 0.6 is 11.6 Å². The van der Waals surface area contributed by atoms with E-state index < -0.39 is 17.6 Å². The molecule has 0 bridgehead atoms. The van der Waals surface area contributed by atoms with Crippen LogP contribution in [0.2, 0.25) is 5.02 Å². The number of hydrogen-bond donors (Lipinski definition) is 2. The first-order valence-corrected chi connectivity index (χ1v) is 10.9. The van der Waals surface area contributed by atoms with E-state index in [1.807, 2.05) is 63.2 Å². The van der Waals surface area contributed by atoms with E-state index in [0.717, 1.165) is 16.7 Å². The molecule has 3 rings (SSSR count). The Kier molecular flexibility index (Phi) is 7.43. The Labute approximate surface area is 189 Å². The molecule has 31 heavy (non-hydrogen) atoms. The molecule has 0 spiro atoms. The molecule has 0 amide bonds. The Morgan fingerprint density at radius 3 is 2.29 bits per heavy atom. The monoisotopic (exact) mass is 461 g/mol. The summed E-state index contributed by atoms with van der Waals surface area (Å²) < 4.78 is 32.4. The van der Waals surface area contributed by atoms with Crippen LogP contribution in [0.3, 0.4) is 0 Å². The largest absolute Gasteiger partial charge is 0.503 e. The van der Waals surface area contributed by atoms with Crippen LogP contribution in [0.25, 0.3) is 0 Å². The molecule has 2 atom stereocenters. The van der Waals surface area contributed by atoms with Crippen molar-refractivity contribution in [3.8, 4) is 17.2 Å². The average molecular weight is 462 g/mol. The number of phenolic OH excluding ortho intramolecular Hbond substituents is 1. The molecule has 0 radical (unpaired) electrons. The van der Waals surface area contributed by atoms with Crippen molar-refractivity contribution in [3.05, 3.63) is 81.9 Å². The lowest BCUT2D eigenvalue weighted by Gasteiger charge is -2.22. The number of ether oxygens (including phenoxy) is 2. The molecule has 6 nitrogen and oxygen atoms in total. The lowest BCUT2D eigenvalue weighted by molar-refractivity contribution is 0.0149. The third-order valence-corrected chi connectivity index (χ3v) is 5.57. The summed E-state index contributed by atoms with van der Waals surface area (Å²) in [5.74, 6) is 0.622. The van der Waals surface area contributed by atoms with Gasteiger partial charge in [-0.3, -0.25) is 4.72 Å². The molecule has 2 N–H and O–H groups in total. The van der Waals surface area contributed by atoms with Gasteiger partial charge in [0.15, 0.2) is 11.5 Å². The Morgan fingerprint density at radius 2 is 1.68 bits per heavy atom. The maximum absolute atomic E-state index is 12.8. The van der Waals surface area contributed by atoms with Crippen molar-refractivity contribution in [2.24, 2.45) is 0 Å². The second kappa shape index (κ2) is 10.0. The molecule has 0 saturated carbocycles. The molecule has 0 aromatic heterocycles. The predicted octanol–water partition coefficient (Wildman–Crippen LogP) is 5.76. The number of rotatable bonds is 8. The number of methoxy groups -OCH3 is 1. The number of aromatic hydroxyl groups is 1. The molecule has 0 fully saturated rings. The van der Waals surface area contributed by atoms with Gasteiger partial charge in [-0.15, -0.1) is 0 Å². The number of halogens is 1. The summed E-state index contributed by atoms with van der Waals surface area (Å²) in [6.07, 6.45) is -0.927. The van der Waals surface area contributed by atoms with Crippen molar-refractivity contribution in [2.75, 3.05) is 11.8 Å². The second-order valence-electron chi connectivity index (χ2n) is 7.03. The van der Waals surface area contributed by atoms with E-state index in [1.165, 1.54) is 19.2 Å². The summed E-state index contributed by atoms with van der Waals surface area (Å²) in [5.41, 5.74) is 4.10. The van der Waals surface area contributed by atoms with Crippen LogP contribution in [-0.2, 0) is 15.4 Å². The fourth-order valence-corrected chi connectivity index (χ4v) is 4.08. The number of anilines is 1. The maximum Gasteiger partial charge on any atom is 0.265 e. The fourth-order valence-electron chi connectivity index (χ4n) is 3.20. The first-order chi connectivity index (χ1) is 14.8. The van der Waals surface area contributed by atoms with Crippen LogP contribution < -0.4 is 14.2 Å². The van der Waals surface area contributed by atoms with Gasteiger partial charge in [0.05, 0.1) is 17.8 Å². The minimum Gasteiger partial charge on any atom is -0.503 e. The molecule has 8 heteroatoms. The summed E-state index contributed by atoms with van der Waals surface area (Å²) in [6, 6.07) is 16.2. The van der Waals surface area contributed by atoms with Gasteiger partial charge in [0.1, 0.15) is 5.75 Å². The summed E-state index contributed by atoms with van der Waals surface area (Å²) in [6.45, 7) is 5.93. The van der Waals surface area contributed by atoms with Gasteiger partial charge in [0, 0.05) is 11.6 Å². The van der Waals surface area contributed by atoms with E-state index in [-0.39, 0.29) is 16.5 Å². The standard InChI is InChI=1S/C23H24ClNO5S/c1-14-10-15(2)22(16(3)11-14)29-23(17-8-6-5-7-9-17)30-31(27)25-18-12-19(24)21(26)20(13-18)28-4/h5-13,23,25-26H,1-4H3. The lowest BCUT2D eigenvalue weighted by atomic mass is 10.1.